The molecule has 3 amide bonds. The van der Waals surface area contributed by atoms with Gasteiger partial charge in [-0.2, -0.15) is 9.97 Å². The number of nitrogens with one attached hydrogen (secondary N) is 1. The van der Waals surface area contributed by atoms with Crippen LogP contribution < -0.4 is 15.6 Å². The molecule has 2 aliphatic heterocycles. The van der Waals surface area contributed by atoms with Crippen LogP contribution in [0.15, 0.2) is 6.33 Å². The minimum absolute atomic E-state index is 0.0951. The number of aliphatic hydroxyl groups is 2. The Morgan fingerprint density at radius 3 is 2.57 bits per heavy atom. The number of carbonyl (C=O) groups is 3. The summed E-state index contributed by atoms with van der Waals surface area (Å²) in [7, 11) is 4.16. The Labute approximate surface area is 256 Å². The van der Waals surface area contributed by atoms with Gasteiger partial charge in [0.15, 0.2) is 17.4 Å². The second-order valence-corrected chi connectivity index (χ2v) is 15.2. The first kappa shape index (κ1) is 33.8. The average molecular weight is 661 g/mol. The van der Waals surface area contributed by atoms with Crippen molar-refractivity contribution < 1.29 is 47.9 Å². The van der Waals surface area contributed by atoms with Crippen LogP contribution in [0.1, 0.15) is 33.9 Å². The van der Waals surface area contributed by atoms with Gasteiger partial charge in [-0.1, -0.05) is 11.4 Å². The first-order valence-electron chi connectivity index (χ1n) is 13.5. The Balaban J connectivity index is 1.55. The quantitative estimate of drug-likeness (QED) is 0.134. The highest BCUT2D eigenvalue weighted by molar-refractivity contribution is 8.56. The molecule has 2 aromatic heterocycles. The summed E-state index contributed by atoms with van der Waals surface area (Å²) in [5, 5.41) is 25.0. The SMILES string of the molecule is COc1nc(N)nc2c1ncn2[C@@H]1O[C@H](COP(=O)(N[C@@H](C)C(=O)OC(C)C)SC[C@H]2C(=O)N(C)C(=O)N2C)[C@@H](O)[C@@]1(C)O. The fraction of sp³-hybridized carbons (Fsp3) is 0.667. The third kappa shape index (κ3) is 6.49. The summed E-state index contributed by atoms with van der Waals surface area (Å²) >= 11 is 0.701. The van der Waals surface area contributed by atoms with Crippen molar-refractivity contribution in [2.45, 2.75) is 69.9 Å². The number of nitrogen functional groups attached to an aromatic ring is 1. The topological polar surface area (TPSA) is 234 Å². The molecular weight excluding hydrogens is 623 g/mol. The van der Waals surface area contributed by atoms with Crippen LogP contribution in [0.2, 0.25) is 0 Å². The summed E-state index contributed by atoms with van der Waals surface area (Å²) in [6, 6.07) is -2.56. The summed E-state index contributed by atoms with van der Waals surface area (Å²) in [4.78, 5) is 51.9. The van der Waals surface area contributed by atoms with E-state index in [2.05, 4.69) is 20.0 Å². The van der Waals surface area contributed by atoms with E-state index in [1.807, 2.05) is 0 Å². The van der Waals surface area contributed by atoms with Gasteiger partial charge in [-0.15, -0.1) is 0 Å². The lowest BCUT2D eigenvalue weighted by Crippen LogP contribution is -2.44. The molecule has 2 aromatic rings. The first-order chi connectivity index (χ1) is 20.5. The molecule has 0 aromatic carbocycles. The Morgan fingerprint density at radius 1 is 1.30 bits per heavy atom. The van der Waals surface area contributed by atoms with Crippen molar-refractivity contribution in [3.05, 3.63) is 6.33 Å². The molecule has 18 nitrogen and oxygen atoms in total. The van der Waals surface area contributed by atoms with Gasteiger partial charge in [0.05, 0.1) is 26.1 Å². The second kappa shape index (κ2) is 12.7. The molecule has 0 radical (unpaired) electrons. The van der Waals surface area contributed by atoms with Gasteiger partial charge < -0.3 is 39.6 Å². The van der Waals surface area contributed by atoms with E-state index in [0.29, 0.717) is 11.4 Å². The largest absolute Gasteiger partial charge is 0.479 e. The molecular formula is C24H37N8O10PS. The van der Waals surface area contributed by atoms with Crippen molar-refractivity contribution in [3.63, 3.8) is 0 Å². The van der Waals surface area contributed by atoms with Gasteiger partial charge in [0.25, 0.3) is 5.91 Å². The van der Waals surface area contributed by atoms with Gasteiger partial charge in [-0.3, -0.25) is 23.6 Å². The van der Waals surface area contributed by atoms with E-state index >= 15 is 0 Å². The minimum atomic E-state index is -4.06. The maximum absolute atomic E-state index is 14.1. The highest BCUT2D eigenvalue weighted by atomic mass is 32.7. The molecule has 1 unspecified atom stereocenters. The fourth-order valence-electron chi connectivity index (χ4n) is 4.71. The maximum Gasteiger partial charge on any atom is 0.327 e. The molecule has 44 heavy (non-hydrogen) atoms. The van der Waals surface area contributed by atoms with Gasteiger partial charge in [0, 0.05) is 19.8 Å². The van der Waals surface area contributed by atoms with Crippen LogP contribution in [0.25, 0.3) is 11.2 Å². The van der Waals surface area contributed by atoms with Gasteiger partial charge in [-0.25, -0.2) is 14.9 Å². The number of nitrogens with zero attached hydrogens (tertiary/aromatic N) is 6. The van der Waals surface area contributed by atoms with Crippen molar-refractivity contribution in [1.82, 2.24) is 34.4 Å². The summed E-state index contributed by atoms with van der Waals surface area (Å²) in [6.07, 6.45) is -3.16. The van der Waals surface area contributed by atoms with E-state index in [9.17, 15) is 29.2 Å². The number of nitrogens with two attached hydrogens (primary N) is 1. The average Bonchev–Trinajstić information content (AvgIpc) is 3.52. The molecule has 4 rings (SSSR count). The van der Waals surface area contributed by atoms with Crippen LogP contribution in [-0.4, -0.2) is 127 Å². The minimum Gasteiger partial charge on any atom is -0.479 e. The van der Waals surface area contributed by atoms with E-state index in [4.69, 9.17) is 24.5 Å². The summed E-state index contributed by atoms with van der Waals surface area (Å²) < 4.78 is 37.6. The van der Waals surface area contributed by atoms with E-state index in [1.54, 1.807) is 13.8 Å². The lowest BCUT2D eigenvalue weighted by atomic mass is 9.96. The Kier molecular flexibility index (Phi) is 9.80. The summed E-state index contributed by atoms with van der Waals surface area (Å²) in [6.45, 7) is 1.50. The Hall–Kier alpha value is -3.06. The lowest BCUT2D eigenvalue weighted by molar-refractivity contribution is -0.149. The Morgan fingerprint density at radius 2 is 1.98 bits per heavy atom. The van der Waals surface area contributed by atoms with Crippen molar-refractivity contribution in [3.8, 4) is 5.88 Å². The van der Waals surface area contributed by atoms with Gasteiger partial charge in [-0.05, 0) is 27.7 Å². The molecule has 5 N–H and O–H groups in total. The number of urea groups is 1. The lowest BCUT2D eigenvalue weighted by Gasteiger charge is -2.27. The molecule has 2 saturated heterocycles. The first-order valence-corrected chi connectivity index (χ1v) is 16.7. The zero-order valence-electron chi connectivity index (χ0n) is 25.2. The van der Waals surface area contributed by atoms with Crippen molar-refractivity contribution >= 4 is 53.1 Å². The number of rotatable bonds is 12. The number of carbonyl (C=O) groups excluding carboxylic acids is 3. The number of methoxy groups -OCH3 is 1. The number of fused-ring (bicyclic) bond motifs is 1. The summed E-state index contributed by atoms with van der Waals surface area (Å²) in [5.74, 6) is -1.36. The molecule has 0 aliphatic carbocycles. The van der Waals surface area contributed by atoms with Crippen LogP contribution >= 0.6 is 18.1 Å². The molecule has 0 bridgehead atoms. The number of amides is 3. The number of aromatic nitrogens is 4. The number of esters is 1. The molecule has 0 spiro atoms. The highest BCUT2D eigenvalue weighted by Gasteiger charge is 2.54. The zero-order chi connectivity index (χ0) is 32.7. The van der Waals surface area contributed by atoms with Gasteiger partial charge in [0.1, 0.15) is 29.9 Å². The third-order valence-electron chi connectivity index (χ3n) is 7.15. The highest BCUT2D eigenvalue weighted by Crippen LogP contribution is 2.57. The predicted octanol–water partition coefficient (Wildman–Crippen LogP) is 0.106. The predicted molar refractivity (Wildman–Crippen MR) is 156 cm³/mol. The van der Waals surface area contributed by atoms with Crippen LogP contribution in [-0.2, 0) is 28.2 Å². The Bertz CT molecular complexity index is 1470. The number of aliphatic hydroxyl groups excluding tert-OH is 1. The number of anilines is 1. The number of ether oxygens (including phenoxy) is 3. The smallest absolute Gasteiger partial charge is 0.327 e. The van der Waals surface area contributed by atoms with Crippen molar-refractivity contribution in [2.24, 2.45) is 0 Å². The molecule has 2 fully saturated rings. The van der Waals surface area contributed by atoms with Crippen LogP contribution in [0, 0.1) is 0 Å². The molecule has 20 heteroatoms. The number of hydrogen-bond donors (Lipinski definition) is 4. The molecule has 244 valence electrons. The maximum atomic E-state index is 14.1. The standard InChI is InChI=1S/C24H37N8O10PS/c1-11(2)41-20(35)12(3)29-43(38,44-9-13-19(34)31(6)23(36)30(13)5)40-8-14-16(33)24(4,37)21(42-14)32-10-26-15-17(32)27-22(25)28-18(15)39-7/h10-14,16,21,33,37H,8-9H2,1-7H3,(H,29,38)(H2,25,27,28)/t12-,13-,14+,16+,21+,24+,43?/m0/s1. The fourth-order valence-corrected chi connectivity index (χ4v) is 8.68. The van der Waals surface area contributed by atoms with Gasteiger partial charge >= 0.3 is 18.7 Å². The third-order valence-corrected chi connectivity index (χ3v) is 11.2. The number of likely N-dealkylation sites (N-methyl/N-ethyl adjacent to an activating group) is 2. The van der Waals surface area contributed by atoms with E-state index in [-0.39, 0.29) is 28.7 Å². The second-order valence-electron chi connectivity index (χ2n) is 10.8. The van der Waals surface area contributed by atoms with Crippen molar-refractivity contribution in [1.29, 1.82) is 0 Å². The van der Waals surface area contributed by atoms with E-state index in [0.717, 1.165) is 4.90 Å². The van der Waals surface area contributed by atoms with Crippen LogP contribution in [0.3, 0.4) is 0 Å². The monoisotopic (exact) mass is 660 g/mol. The molecule has 0 saturated carbocycles. The number of imidazole rings is 1. The number of imide groups is 1. The normalized spacial score (nSPS) is 27.8. The molecule has 7 atom stereocenters. The van der Waals surface area contributed by atoms with Gasteiger partial charge in [0.2, 0.25) is 11.8 Å². The van der Waals surface area contributed by atoms with Crippen molar-refractivity contribution in [2.75, 3.05) is 39.3 Å². The molecule has 4 heterocycles. The zero-order valence-corrected chi connectivity index (χ0v) is 26.9. The van der Waals surface area contributed by atoms with E-state index < -0.39 is 73.5 Å². The van der Waals surface area contributed by atoms with Crippen LogP contribution in [0.4, 0.5) is 10.7 Å². The molecule has 2 aliphatic rings. The van der Waals surface area contributed by atoms with E-state index in [1.165, 1.54) is 50.8 Å². The summed E-state index contributed by atoms with van der Waals surface area (Å²) in [5.41, 5.74) is 4.28. The van der Waals surface area contributed by atoms with Crippen LogP contribution in [0.5, 0.6) is 5.88 Å². The number of hydrogen-bond acceptors (Lipinski definition) is 15.